The zero-order valence-electron chi connectivity index (χ0n) is 9.94. The summed E-state index contributed by atoms with van der Waals surface area (Å²) in [5, 5.41) is 5.89. The number of hydrogen-bond donors (Lipinski definition) is 3. The highest BCUT2D eigenvalue weighted by Gasteiger charge is 2.05. The van der Waals surface area contributed by atoms with Crippen molar-refractivity contribution in [3.8, 4) is 0 Å². The molecule has 18 heavy (non-hydrogen) atoms. The van der Waals surface area contributed by atoms with Crippen molar-refractivity contribution in [1.82, 2.24) is 9.97 Å². The largest absolute Gasteiger partial charge is 0.370 e. The maximum absolute atomic E-state index is 13.5. The summed E-state index contributed by atoms with van der Waals surface area (Å²) in [6, 6.07) is 8.03. The van der Waals surface area contributed by atoms with Crippen LogP contribution in [-0.4, -0.2) is 16.5 Å². The van der Waals surface area contributed by atoms with E-state index < -0.39 is 0 Å². The van der Waals surface area contributed by atoms with Crippen molar-refractivity contribution >= 4 is 23.3 Å². The van der Waals surface area contributed by atoms with Gasteiger partial charge in [-0.05, 0) is 19.1 Å². The predicted molar refractivity (Wildman–Crippen MR) is 70.3 cm³/mol. The molecule has 1 aromatic carbocycles. The molecule has 0 radical (unpaired) electrons. The molecule has 0 aliphatic carbocycles. The van der Waals surface area contributed by atoms with Crippen LogP contribution in [0.3, 0.4) is 0 Å². The van der Waals surface area contributed by atoms with Gasteiger partial charge in [0, 0.05) is 12.6 Å². The third-order valence-corrected chi connectivity index (χ3v) is 2.24. The van der Waals surface area contributed by atoms with Gasteiger partial charge in [-0.25, -0.2) is 4.39 Å². The van der Waals surface area contributed by atoms with Gasteiger partial charge >= 0.3 is 0 Å². The van der Waals surface area contributed by atoms with Crippen LogP contribution in [0, 0.1) is 5.82 Å². The fourth-order valence-corrected chi connectivity index (χ4v) is 1.50. The van der Waals surface area contributed by atoms with E-state index in [-0.39, 0.29) is 11.8 Å². The quantitative estimate of drug-likeness (QED) is 0.773. The average Bonchev–Trinajstić information content (AvgIpc) is 2.32. The van der Waals surface area contributed by atoms with Crippen LogP contribution < -0.4 is 16.4 Å². The molecular formula is C12H14FN5. The van der Waals surface area contributed by atoms with Gasteiger partial charge in [0.2, 0.25) is 5.95 Å². The minimum atomic E-state index is -0.348. The molecule has 0 atom stereocenters. The van der Waals surface area contributed by atoms with Crippen LogP contribution >= 0.6 is 0 Å². The number of anilines is 4. The fraction of sp³-hybridized carbons (Fsp3) is 0.167. The second-order valence-corrected chi connectivity index (χ2v) is 3.63. The Labute approximate surface area is 104 Å². The van der Waals surface area contributed by atoms with Crippen molar-refractivity contribution in [2.24, 2.45) is 0 Å². The van der Waals surface area contributed by atoms with Gasteiger partial charge in [0.1, 0.15) is 17.5 Å². The summed E-state index contributed by atoms with van der Waals surface area (Å²) in [4.78, 5) is 8.01. The number of nitrogens with zero attached hydrogens (tertiary/aromatic N) is 2. The first-order valence-corrected chi connectivity index (χ1v) is 5.59. The van der Waals surface area contributed by atoms with Crippen LogP contribution in [0.5, 0.6) is 0 Å². The number of benzene rings is 1. The maximum atomic E-state index is 13.5. The molecule has 1 aromatic heterocycles. The molecule has 0 aliphatic rings. The van der Waals surface area contributed by atoms with Gasteiger partial charge in [-0.15, -0.1) is 0 Å². The zero-order valence-corrected chi connectivity index (χ0v) is 9.94. The van der Waals surface area contributed by atoms with E-state index in [2.05, 4.69) is 20.6 Å². The Morgan fingerprint density at radius 1 is 1.22 bits per heavy atom. The maximum Gasteiger partial charge on any atom is 0.223 e. The molecule has 6 heteroatoms. The lowest BCUT2D eigenvalue weighted by Crippen LogP contribution is -2.06. The Bertz CT molecular complexity index is 544. The van der Waals surface area contributed by atoms with Crippen molar-refractivity contribution in [3.05, 3.63) is 36.1 Å². The van der Waals surface area contributed by atoms with E-state index in [0.29, 0.717) is 17.3 Å². The Morgan fingerprint density at radius 3 is 2.67 bits per heavy atom. The van der Waals surface area contributed by atoms with Gasteiger partial charge in [-0.2, -0.15) is 9.97 Å². The number of rotatable bonds is 4. The third kappa shape index (κ3) is 2.85. The summed E-state index contributed by atoms with van der Waals surface area (Å²) >= 11 is 0. The lowest BCUT2D eigenvalue weighted by atomic mass is 10.3. The first-order chi connectivity index (χ1) is 8.69. The highest BCUT2D eigenvalue weighted by atomic mass is 19.1. The predicted octanol–water partition coefficient (Wildman–Crippen LogP) is 2.37. The van der Waals surface area contributed by atoms with E-state index in [4.69, 9.17) is 5.73 Å². The molecule has 0 saturated carbocycles. The van der Waals surface area contributed by atoms with Crippen molar-refractivity contribution < 1.29 is 4.39 Å². The van der Waals surface area contributed by atoms with Crippen LogP contribution in [0.25, 0.3) is 0 Å². The minimum absolute atomic E-state index is 0.132. The highest BCUT2D eigenvalue weighted by molar-refractivity contribution is 5.61. The Balaban J connectivity index is 2.26. The minimum Gasteiger partial charge on any atom is -0.370 e. The fourth-order valence-electron chi connectivity index (χ4n) is 1.50. The normalized spacial score (nSPS) is 10.1. The third-order valence-electron chi connectivity index (χ3n) is 2.24. The van der Waals surface area contributed by atoms with Gasteiger partial charge in [-0.3, -0.25) is 0 Å². The molecule has 0 amide bonds. The lowest BCUT2D eigenvalue weighted by molar-refractivity contribution is 0.632. The second kappa shape index (κ2) is 5.31. The highest BCUT2D eigenvalue weighted by Crippen LogP contribution is 2.20. The van der Waals surface area contributed by atoms with Crippen molar-refractivity contribution in [1.29, 1.82) is 0 Å². The van der Waals surface area contributed by atoms with E-state index in [0.717, 1.165) is 6.54 Å². The number of halogens is 1. The number of nitrogens with one attached hydrogen (secondary N) is 2. The molecule has 0 aliphatic heterocycles. The summed E-state index contributed by atoms with van der Waals surface area (Å²) in [5.41, 5.74) is 5.93. The number of nitrogen functional groups attached to an aromatic ring is 1. The monoisotopic (exact) mass is 247 g/mol. The molecule has 0 fully saturated rings. The topological polar surface area (TPSA) is 75.9 Å². The number of hydrogen-bond acceptors (Lipinski definition) is 5. The molecule has 0 spiro atoms. The molecule has 5 nitrogen and oxygen atoms in total. The standard InChI is InChI=1S/C12H14FN5/c1-2-15-10-7-11(18-12(14)17-10)16-9-6-4-3-5-8(9)13/h3-7H,2H2,1H3,(H4,14,15,16,17,18). The summed E-state index contributed by atoms with van der Waals surface area (Å²) < 4.78 is 13.5. The molecule has 1 heterocycles. The number of nitrogens with two attached hydrogens (primary N) is 1. The van der Waals surface area contributed by atoms with Crippen LogP contribution in [0.15, 0.2) is 30.3 Å². The second-order valence-electron chi connectivity index (χ2n) is 3.63. The van der Waals surface area contributed by atoms with E-state index in [9.17, 15) is 4.39 Å². The van der Waals surface area contributed by atoms with E-state index in [1.54, 1.807) is 24.3 Å². The summed E-state index contributed by atoms with van der Waals surface area (Å²) in [6.07, 6.45) is 0. The Kier molecular flexibility index (Phi) is 3.57. The summed E-state index contributed by atoms with van der Waals surface area (Å²) in [5.74, 6) is 0.833. The Hall–Kier alpha value is -2.37. The molecule has 4 N–H and O–H groups in total. The van der Waals surface area contributed by atoms with Gasteiger partial charge < -0.3 is 16.4 Å². The molecule has 0 saturated heterocycles. The van der Waals surface area contributed by atoms with E-state index in [1.807, 2.05) is 6.92 Å². The Morgan fingerprint density at radius 2 is 1.94 bits per heavy atom. The first kappa shape index (κ1) is 12.1. The number of para-hydroxylation sites is 1. The smallest absolute Gasteiger partial charge is 0.223 e. The molecule has 94 valence electrons. The molecule has 0 bridgehead atoms. The average molecular weight is 247 g/mol. The van der Waals surface area contributed by atoms with Crippen LogP contribution in [-0.2, 0) is 0 Å². The lowest BCUT2D eigenvalue weighted by Gasteiger charge is -2.09. The number of aromatic nitrogens is 2. The van der Waals surface area contributed by atoms with E-state index >= 15 is 0 Å². The van der Waals surface area contributed by atoms with Crippen molar-refractivity contribution in [3.63, 3.8) is 0 Å². The van der Waals surface area contributed by atoms with Crippen LogP contribution in [0.2, 0.25) is 0 Å². The molecule has 2 rings (SSSR count). The van der Waals surface area contributed by atoms with E-state index in [1.165, 1.54) is 6.07 Å². The summed E-state index contributed by atoms with van der Waals surface area (Å²) in [7, 11) is 0. The summed E-state index contributed by atoms with van der Waals surface area (Å²) in [6.45, 7) is 2.66. The van der Waals surface area contributed by atoms with Crippen LogP contribution in [0.4, 0.5) is 27.7 Å². The molecule has 0 unspecified atom stereocenters. The van der Waals surface area contributed by atoms with Crippen molar-refractivity contribution in [2.75, 3.05) is 22.9 Å². The SMILES string of the molecule is CCNc1cc(Nc2ccccc2F)nc(N)n1. The first-order valence-electron chi connectivity index (χ1n) is 5.59. The van der Waals surface area contributed by atoms with Crippen molar-refractivity contribution in [2.45, 2.75) is 6.92 Å². The van der Waals surface area contributed by atoms with Gasteiger partial charge in [0.05, 0.1) is 5.69 Å². The zero-order chi connectivity index (χ0) is 13.0. The van der Waals surface area contributed by atoms with Gasteiger partial charge in [0.15, 0.2) is 0 Å². The van der Waals surface area contributed by atoms with Gasteiger partial charge in [-0.1, -0.05) is 12.1 Å². The van der Waals surface area contributed by atoms with Crippen LogP contribution in [0.1, 0.15) is 6.92 Å². The van der Waals surface area contributed by atoms with Gasteiger partial charge in [0.25, 0.3) is 0 Å². The molecule has 2 aromatic rings. The molecular weight excluding hydrogens is 233 g/mol.